The Hall–Kier alpha value is -2.54. The third-order valence-corrected chi connectivity index (χ3v) is 6.13. The van der Waals surface area contributed by atoms with E-state index in [1.807, 2.05) is 31.7 Å². The third kappa shape index (κ3) is 5.44. The predicted octanol–water partition coefficient (Wildman–Crippen LogP) is 6.00. The summed E-state index contributed by atoms with van der Waals surface area (Å²) < 4.78 is 13.4. The second-order valence-electron chi connectivity index (χ2n) is 8.78. The number of ether oxygens (including phenoxy) is 2. The van der Waals surface area contributed by atoms with Crippen molar-refractivity contribution in [2.24, 2.45) is 4.99 Å². The minimum atomic E-state index is -0.345. The SMILES string of the molecule is CCSC(=O)OCO/C(=C(\c1ccc(C(C)(C)C)cc1)C1C=N1)c1c(C)c(C)nn1CC. The molecule has 0 fully saturated rings. The lowest BCUT2D eigenvalue weighted by atomic mass is 9.85. The van der Waals surface area contributed by atoms with E-state index in [-0.39, 0.29) is 23.6 Å². The number of hydrogen-bond donors (Lipinski definition) is 0. The number of aryl methyl sites for hydroxylation is 2. The van der Waals surface area contributed by atoms with Crippen molar-refractivity contribution in [3.05, 3.63) is 52.3 Å². The van der Waals surface area contributed by atoms with Gasteiger partial charge in [0.25, 0.3) is 0 Å². The van der Waals surface area contributed by atoms with Gasteiger partial charge in [0.1, 0.15) is 11.7 Å². The highest BCUT2D eigenvalue weighted by atomic mass is 32.2. The molecule has 0 radical (unpaired) electrons. The van der Waals surface area contributed by atoms with E-state index in [0.717, 1.165) is 39.8 Å². The number of carbonyl (C=O) groups is 1. The molecule has 1 aromatic carbocycles. The van der Waals surface area contributed by atoms with Crippen molar-refractivity contribution in [1.29, 1.82) is 0 Å². The van der Waals surface area contributed by atoms with Crippen LogP contribution in [0.25, 0.3) is 11.3 Å². The highest BCUT2D eigenvalue weighted by molar-refractivity contribution is 8.13. The van der Waals surface area contributed by atoms with Crippen molar-refractivity contribution >= 4 is 34.6 Å². The smallest absolute Gasteiger partial charge is 0.370 e. The summed E-state index contributed by atoms with van der Waals surface area (Å²) in [6, 6.07) is 8.49. The maximum absolute atomic E-state index is 11.9. The van der Waals surface area contributed by atoms with Gasteiger partial charge in [-0.25, -0.2) is 4.79 Å². The molecule has 7 heteroatoms. The maximum Gasteiger partial charge on any atom is 0.370 e. The largest absolute Gasteiger partial charge is 0.455 e. The van der Waals surface area contributed by atoms with Crippen molar-refractivity contribution < 1.29 is 14.3 Å². The van der Waals surface area contributed by atoms with Crippen LogP contribution in [-0.4, -0.2) is 39.9 Å². The summed E-state index contributed by atoms with van der Waals surface area (Å²) in [7, 11) is 0. The van der Waals surface area contributed by atoms with Crippen LogP contribution in [0, 0.1) is 13.8 Å². The molecule has 2 aromatic rings. The fraction of sp³-hybridized carbons (Fsp3) is 0.480. The zero-order chi connectivity index (χ0) is 23.5. The van der Waals surface area contributed by atoms with Gasteiger partial charge in [0.2, 0.25) is 6.79 Å². The minimum absolute atomic E-state index is 0.0638. The van der Waals surface area contributed by atoms with E-state index in [4.69, 9.17) is 9.47 Å². The highest BCUT2D eigenvalue weighted by Gasteiger charge is 2.30. The summed E-state index contributed by atoms with van der Waals surface area (Å²) in [5.41, 5.74) is 6.21. The van der Waals surface area contributed by atoms with Gasteiger partial charge in [0.15, 0.2) is 5.76 Å². The summed E-state index contributed by atoms with van der Waals surface area (Å²) >= 11 is 1.12. The molecule has 0 N–H and O–H groups in total. The zero-order valence-electron chi connectivity index (χ0n) is 20.1. The molecule has 1 atom stereocenters. The number of hydrogen-bond acceptors (Lipinski definition) is 6. The Morgan fingerprint density at radius 3 is 2.31 bits per heavy atom. The van der Waals surface area contributed by atoms with Gasteiger partial charge >= 0.3 is 5.30 Å². The number of rotatable bonds is 8. The summed E-state index contributed by atoms with van der Waals surface area (Å²) in [6.07, 6.45) is 1.91. The van der Waals surface area contributed by atoms with Crippen molar-refractivity contribution in [2.75, 3.05) is 12.5 Å². The molecule has 1 aliphatic heterocycles. The van der Waals surface area contributed by atoms with E-state index in [1.165, 1.54) is 5.56 Å². The number of benzene rings is 1. The van der Waals surface area contributed by atoms with Crippen molar-refractivity contribution in [3.8, 4) is 0 Å². The topological polar surface area (TPSA) is 65.7 Å². The summed E-state index contributed by atoms with van der Waals surface area (Å²) in [6.45, 7) is 15.1. The van der Waals surface area contributed by atoms with Crippen molar-refractivity contribution in [2.45, 2.75) is 66.5 Å². The first-order chi connectivity index (χ1) is 15.2. The van der Waals surface area contributed by atoms with Gasteiger partial charge in [-0.15, -0.1) is 0 Å². The fourth-order valence-electron chi connectivity index (χ4n) is 3.54. The van der Waals surface area contributed by atoms with Crippen LogP contribution in [0.4, 0.5) is 4.79 Å². The van der Waals surface area contributed by atoms with Gasteiger partial charge in [0, 0.05) is 29.6 Å². The van der Waals surface area contributed by atoms with Crippen LogP contribution < -0.4 is 0 Å². The van der Waals surface area contributed by atoms with E-state index in [2.05, 4.69) is 62.1 Å². The lowest BCUT2D eigenvalue weighted by Crippen LogP contribution is -2.13. The molecule has 0 bridgehead atoms. The molecule has 172 valence electrons. The molecule has 0 saturated heterocycles. The fourth-order valence-corrected chi connectivity index (χ4v) is 3.90. The van der Waals surface area contributed by atoms with E-state index in [0.29, 0.717) is 18.1 Å². The predicted molar refractivity (Wildman–Crippen MR) is 132 cm³/mol. The zero-order valence-corrected chi connectivity index (χ0v) is 20.9. The second-order valence-corrected chi connectivity index (χ2v) is 9.98. The molecule has 1 unspecified atom stereocenters. The van der Waals surface area contributed by atoms with Crippen LogP contribution in [0.15, 0.2) is 29.3 Å². The molecule has 1 aliphatic rings. The van der Waals surface area contributed by atoms with E-state index in [9.17, 15) is 4.79 Å². The second kappa shape index (κ2) is 9.94. The molecule has 0 aliphatic carbocycles. The Kier molecular flexibility index (Phi) is 7.49. The molecule has 3 rings (SSSR count). The molecule has 1 aromatic heterocycles. The summed E-state index contributed by atoms with van der Waals surface area (Å²) in [4.78, 5) is 16.3. The minimum Gasteiger partial charge on any atom is -0.455 e. The average molecular weight is 456 g/mol. The van der Waals surface area contributed by atoms with E-state index >= 15 is 0 Å². The maximum atomic E-state index is 11.9. The van der Waals surface area contributed by atoms with Crippen LogP contribution in [0.3, 0.4) is 0 Å². The average Bonchev–Trinajstić information content (AvgIpc) is 3.53. The monoisotopic (exact) mass is 455 g/mol. The molecule has 32 heavy (non-hydrogen) atoms. The van der Waals surface area contributed by atoms with Crippen LogP contribution in [-0.2, 0) is 21.4 Å². The van der Waals surface area contributed by atoms with Gasteiger partial charge in [-0.1, -0.05) is 52.0 Å². The lowest BCUT2D eigenvalue weighted by molar-refractivity contribution is 0.0585. The molecule has 0 spiro atoms. The summed E-state index contributed by atoms with van der Waals surface area (Å²) in [5.74, 6) is 1.31. The Labute approximate surface area is 195 Å². The Morgan fingerprint density at radius 2 is 1.78 bits per heavy atom. The van der Waals surface area contributed by atoms with Crippen LogP contribution in [0.1, 0.15) is 62.7 Å². The highest BCUT2D eigenvalue weighted by Crippen LogP contribution is 2.37. The van der Waals surface area contributed by atoms with Crippen molar-refractivity contribution in [1.82, 2.24) is 9.78 Å². The normalized spacial score (nSPS) is 16.0. The number of aliphatic imine (C=N–C) groups is 1. The van der Waals surface area contributed by atoms with Crippen LogP contribution in [0.5, 0.6) is 0 Å². The molecular weight excluding hydrogens is 422 g/mol. The number of nitrogens with zero attached hydrogens (tertiary/aromatic N) is 3. The van der Waals surface area contributed by atoms with Gasteiger partial charge in [-0.05, 0) is 49.1 Å². The van der Waals surface area contributed by atoms with E-state index in [1.54, 1.807) is 0 Å². The van der Waals surface area contributed by atoms with Crippen LogP contribution >= 0.6 is 11.8 Å². The first-order valence-corrected chi connectivity index (χ1v) is 12.0. The molecule has 0 amide bonds. The van der Waals surface area contributed by atoms with Crippen molar-refractivity contribution in [3.63, 3.8) is 0 Å². The molecule has 6 nitrogen and oxygen atoms in total. The van der Waals surface area contributed by atoms with Gasteiger partial charge in [0.05, 0.1) is 5.69 Å². The third-order valence-electron chi connectivity index (χ3n) is 5.48. The lowest BCUT2D eigenvalue weighted by Gasteiger charge is -2.21. The number of aromatic nitrogens is 2. The van der Waals surface area contributed by atoms with Gasteiger partial charge in [-0.3, -0.25) is 9.67 Å². The first kappa shape index (κ1) is 24.1. The Bertz CT molecular complexity index is 1020. The molecular formula is C25H33N3O3S. The van der Waals surface area contributed by atoms with E-state index < -0.39 is 0 Å². The quantitative estimate of drug-likeness (QED) is 0.277. The molecule has 2 heterocycles. The Morgan fingerprint density at radius 1 is 1.12 bits per heavy atom. The molecule has 0 saturated carbocycles. The summed E-state index contributed by atoms with van der Waals surface area (Å²) in [5, 5.41) is 4.33. The Balaban J connectivity index is 2.09. The number of thioether (sulfide) groups is 1. The number of carbonyl (C=O) groups excluding carboxylic acids is 1. The van der Waals surface area contributed by atoms with Gasteiger partial charge < -0.3 is 9.47 Å². The standard InChI is InChI=1S/C25H33N3O3S/c1-8-28-22(16(3)17(4)27-28)23(30-15-31-24(29)32-9-2)21(20-14-26-20)18-10-12-19(13-11-18)25(5,6)7/h10-14,20H,8-9,15H2,1-7H3/b23-21+. The van der Waals surface area contributed by atoms with Gasteiger partial charge in [-0.2, -0.15) is 5.10 Å². The first-order valence-electron chi connectivity index (χ1n) is 11.0. The van der Waals surface area contributed by atoms with Crippen LogP contribution in [0.2, 0.25) is 0 Å².